The van der Waals surface area contributed by atoms with Crippen molar-refractivity contribution < 1.29 is 4.42 Å². The first-order valence-corrected chi connectivity index (χ1v) is 1.58. The summed E-state index contributed by atoms with van der Waals surface area (Å²) >= 11 is 0. The predicted octanol–water partition coefficient (Wildman–Crippen LogP) is 1.17. The van der Waals surface area contributed by atoms with Crippen LogP contribution in [0.5, 0.6) is 0 Å². The third-order valence-corrected chi connectivity index (χ3v) is 0. The van der Waals surface area contributed by atoms with Crippen LogP contribution in [0.4, 0.5) is 0 Å². The molecule has 0 rings (SSSR count). The average Bonchev–Trinajstić information content (AvgIpc) is 1.46. The van der Waals surface area contributed by atoms with Gasteiger partial charge in [0.25, 0.3) is 0 Å². The maximum atomic E-state index is 3.75. The van der Waals surface area contributed by atoms with E-state index >= 15 is 0 Å². The summed E-state index contributed by atoms with van der Waals surface area (Å²) < 4.78 is 3.75. The molecule has 1 nitrogen and oxygen atoms in total. The highest BCUT2D eigenvalue weighted by Gasteiger charge is 1.12. The fraction of sp³-hybridized carbons (Fsp3) is 0.500. The molecule has 0 amide bonds. The third-order valence-electron chi connectivity index (χ3n) is 0. The van der Waals surface area contributed by atoms with Crippen molar-refractivity contribution in [1.29, 1.82) is 0 Å². The van der Waals surface area contributed by atoms with Crippen molar-refractivity contribution in [3.8, 4) is 0 Å². The summed E-state index contributed by atoms with van der Waals surface area (Å²) in [5.41, 5.74) is 0. The fourth-order valence-corrected chi connectivity index (χ4v) is 0. The Hall–Kier alpha value is -0.460. The molecule has 0 aliphatic carbocycles. The Morgan fingerprint density at radius 2 is 1.60 bits per heavy atom. The molecular weight excluding hydrogens is 64.0 g/mol. The van der Waals surface area contributed by atoms with Gasteiger partial charge in [0.15, 0.2) is 0 Å². The molecule has 0 N–H and O–H groups in total. The van der Waals surface area contributed by atoms with E-state index in [0.29, 0.717) is 0 Å². The van der Waals surface area contributed by atoms with Crippen molar-refractivity contribution in [2.45, 2.75) is 13.8 Å². The molecule has 0 spiro atoms. The Kier molecular flexibility index (Phi) is 138. The summed E-state index contributed by atoms with van der Waals surface area (Å²) in [6, 6.07) is 0. The van der Waals surface area contributed by atoms with Crippen LogP contribution in [0, 0.1) is 7.11 Å². The van der Waals surface area contributed by atoms with Gasteiger partial charge in [0.2, 0.25) is 0 Å². The lowest BCUT2D eigenvalue weighted by molar-refractivity contribution is -0.370. The zero-order chi connectivity index (χ0) is 4.71. The first-order chi connectivity index (χ1) is 2.41. The van der Waals surface area contributed by atoms with Crippen molar-refractivity contribution in [2.24, 2.45) is 0 Å². The predicted molar refractivity (Wildman–Crippen MR) is 23.8 cm³/mol. The standard InChI is InChI=1S/C2H4O.C2H6/c1-3-2;1-2/h1-2H2;1-2H3. The first kappa shape index (κ1) is 8.82. The van der Waals surface area contributed by atoms with E-state index in [1.165, 1.54) is 0 Å². The van der Waals surface area contributed by atoms with Crippen LogP contribution in [-0.2, 0) is 4.42 Å². The van der Waals surface area contributed by atoms with E-state index in [2.05, 4.69) is 18.3 Å². The topological polar surface area (TPSA) is 11.3 Å². The molecule has 0 heterocycles. The molecule has 0 fully saturated rings. The third kappa shape index (κ3) is 39.7. The molecule has 0 aliphatic heterocycles. The zero-order valence-corrected chi connectivity index (χ0v) is 3.82. The van der Waals surface area contributed by atoms with E-state index in [4.69, 9.17) is 0 Å². The highest BCUT2D eigenvalue weighted by molar-refractivity contribution is 5.12. The van der Waals surface area contributed by atoms with Crippen LogP contribution < -0.4 is 0 Å². The maximum Gasteiger partial charge on any atom is 0.131 e. The molecular formula is C4H10O. The van der Waals surface area contributed by atoms with Crippen molar-refractivity contribution in [3.63, 3.8) is 0 Å². The molecule has 0 aromatic carbocycles. The molecule has 0 saturated heterocycles. The lowest BCUT2D eigenvalue weighted by atomic mass is 11.0. The summed E-state index contributed by atoms with van der Waals surface area (Å²) in [4.78, 5) is 0. The molecule has 0 unspecified atom stereocenters. The molecule has 0 bridgehead atoms. The maximum absolute atomic E-state index is 3.75. The Morgan fingerprint density at radius 3 is 1.60 bits per heavy atom. The van der Waals surface area contributed by atoms with E-state index in [1.807, 2.05) is 13.8 Å². The first-order valence-electron chi connectivity index (χ1n) is 1.58. The van der Waals surface area contributed by atoms with E-state index in [-0.39, 0.29) is 0 Å². The quantitative estimate of drug-likeness (QED) is 0.302. The van der Waals surface area contributed by atoms with Gasteiger partial charge in [-0.25, -0.2) is 0 Å². The Labute approximate surface area is 33.3 Å². The summed E-state index contributed by atoms with van der Waals surface area (Å²) in [6.45, 7) is 6.88. The number of carbonyl (C=O) groups excluding carboxylic acids is 1. The second kappa shape index (κ2) is 78.3. The monoisotopic (exact) mass is 74.1 g/mol. The van der Waals surface area contributed by atoms with Crippen LogP contribution in [0.15, 0.2) is 0 Å². The van der Waals surface area contributed by atoms with Gasteiger partial charge in [-0.05, 0) is 0 Å². The largest absolute Gasteiger partial charge is 0.408 e. The van der Waals surface area contributed by atoms with Crippen molar-refractivity contribution >= 4 is 6.79 Å². The Bertz CT molecular complexity index is 11.1. The summed E-state index contributed by atoms with van der Waals surface area (Å²) in [6.07, 6.45) is 0. The highest BCUT2D eigenvalue weighted by Crippen LogP contribution is 1.15. The molecule has 32 valence electrons. The smallest absolute Gasteiger partial charge is 0.131 e. The van der Waals surface area contributed by atoms with Gasteiger partial charge in [0, 0.05) is 0 Å². The summed E-state index contributed by atoms with van der Waals surface area (Å²) in [5.74, 6) is 0. The lowest BCUT2D eigenvalue weighted by Gasteiger charge is -1.39. The van der Waals surface area contributed by atoms with Gasteiger partial charge in [-0.1, -0.05) is 13.8 Å². The minimum atomic E-state index is 2.00. The van der Waals surface area contributed by atoms with Crippen LogP contribution in [0.1, 0.15) is 13.8 Å². The second-order valence-electron chi connectivity index (χ2n) is 0.204. The van der Waals surface area contributed by atoms with E-state index in [9.17, 15) is 0 Å². The van der Waals surface area contributed by atoms with Gasteiger partial charge < -0.3 is 4.42 Å². The van der Waals surface area contributed by atoms with Gasteiger partial charge in [-0.3, -0.25) is 0 Å². The number of hydrogen-bond acceptors (Lipinski definition) is 0. The second-order valence-corrected chi connectivity index (χ2v) is 0.204. The SMILES string of the molecule is C=[O+][CH2-].CC. The number of rotatable bonds is 0. The van der Waals surface area contributed by atoms with Gasteiger partial charge in [0.05, 0.1) is 0 Å². The van der Waals surface area contributed by atoms with Crippen LogP contribution in [0.25, 0.3) is 0 Å². The van der Waals surface area contributed by atoms with Crippen molar-refractivity contribution in [1.82, 2.24) is 0 Å². The van der Waals surface area contributed by atoms with Crippen LogP contribution >= 0.6 is 0 Å². The minimum absolute atomic E-state index is 2.00. The van der Waals surface area contributed by atoms with E-state index in [0.717, 1.165) is 0 Å². The summed E-state index contributed by atoms with van der Waals surface area (Å²) in [7, 11) is 2.88. The van der Waals surface area contributed by atoms with Crippen molar-refractivity contribution in [3.05, 3.63) is 7.11 Å². The molecule has 0 aromatic heterocycles. The normalized spacial score (nSPS) is 3.60. The molecule has 0 atom stereocenters. The van der Waals surface area contributed by atoms with Gasteiger partial charge >= 0.3 is 0 Å². The van der Waals surface area contributed by atoms with Crippen LogP contribution in [0.2, 0.25) is 0 Å². The Balaban J connectivity index is 0. The lowest BCUT2D eigenvalue weighted by Crippen LogP contribution is -1.33. The Morgan fingerprint density at radius 1 is 1.60 bits per heavy atom. The van der Waals surface area contributed by atoms with Gasteiger partial charge in [0.1, 0.15) is 13.9 Å². The van der Waals surface area contributed by atoms with Crippen molar-refractivity contribution in [2.75, 3.05) is 0 Å². The molecule has 0 radical (unpaired) electrons. The minimum Gasteiger partial charge on any atom is -0.408 e. The molecule has 1 heteroatoms. The summed E-state index contributed by atoms with van der Waals surface area (Å²) in [5, 5.41) is 0. The average molecular weight is 74.1 g/mol. The van der Waals surface area contributed by atoms with E-state index in [1.54, 1.807) is 0 Å². The molecule has 0 aliphatic rings. The fourth-order valence-electron chi connectivity index (χ4n) is 0. The molecule has 0 saturated carbocycles. The zero-order valence-electron chi connectivity index (χ0n) is 3.82. The highest BCUT2D eigenvalue weighted by atomic mass is 16.3. The van der Waals surface area contributed by atoms with Crippen LogP contribution in [-0.4, -0.2) is 6.79 Å². The molecule has 5 heavy (non-hydrogen) atoms. The van der Waals surface area contributed by atoms with Crippen LogP contribution in [0.3, 0.4) is 0 Å². The van der Waals surface area contributed by atoms with E-state index < -0.39 is 0 Å². The molecule has 0 aromatic rings. The van der Waals surface area contributed by atoms with Gasteiger partial charge in [-0.2, -0.15) is 0 Å². The van der Waals surface area contributed by atoms with Gasteiger partial charge in [-0.15, -0.1) is 0 Å². The number of hydrogen-bond donors (Lipinski definition) is 0.